The highest BCUT2D eigenvalue weighted by atomic mass is 16.4. The van der Waals surface area contributed by atoms with E-state index in [0.717, 1.165) is 11.7 Å². The van der Waals surface area contributed by atoms with Gasteiger partial charge in [-0.25, -0.2) is 4.98 Å². The van der Waals surface area contributed by atoms with E-state index in [0.29, 0.717) is 5.92 Å². The Morgan fingerprint density at radius 3 is 2.36 bits per heavy atom. The Labute approximate surface area is 86.7 Å². The minimum absolute atomic E-state index is 0.653. The smallest absolute Gasteiger partial charge is 0.191 e. The van der Waals surface area contributed by atoms with Crippen molar-refractivity contribution in [2.45, 2.75) is 58.8 Å². The molecule has 1 aliphatic rings. The Morgan fingerprint density at radius 1 is 1.21 bits per heavy atom. The number of rotatable bonds is 1. The first-order chi connectivity index (χ1) is 6.86. The Bertz CT molecular complexity index is 249. The molecule has 0 N–H and O–H groups in total. The summed E-state index contributed by atoms with van der Waals surface area (Å²) in [5.41, 5.74) is 0. The van der Waals surface area contributed by atoms with E-state index in [1.54, 1.807) is 0 Å². The van der Waals surface area contributed by atoms with Crippen molar-refractivity contribution < 1.29 is 4.42 Å². The third kappa shape index (κ3) is 2.86. The van der Waals surface area contributed by atoms with Gasteiger partial charge in [0.25, 0.3) is 0 Å². The van der Waals surface area contributed by atoms with Gasteiger partial charge in [0, 0.05) is 12.8 Å². The molecule has 0 atom stereocenters. The lowest BCUT2D eigenvalue weighted by atomic mass is 9.88. The summed E-state index contributed by atoms with van der Waals surface area (Å²) in [5, 5.41) is 0. The van der Waals surface area contributed by atoms with Crippen LogP contribution in [0.15, 0.2) is 10.6 Å². The molecule has 80 valence electrons. The van der Waals surface area contributed by atoms with Crippen molar-refractivity contribution in [3.05, 3.63) is 17.8 Å². The van der Waals surface area contributed by atoms with Crippen LogP contribution in [0.3, 0.4) is 0 Å². The average Bonchev–Trinajstić information content (AvgIpc) is 2.69. The van der Waals surface area contributed by atoms with Gasteiger partial charge in [0.1, 0.15) is 5.76 Å². The molecule has 0 unspecified atom stereocenters. The molecule has 2 rings (SSSR count). The number of nitrogens with zero attached hydrogens (tertiary/aromatic N) is 1. The van der Waals surface area contributed by atoms with Crippen molar-refractivity contribution in [3.8, 4) is 0 Å². The lowest BCUT2D eigenvalue weighted by Gasteiger charge is -2.18. The van der Waals surface area contributed by atoms with Crippen LogP contribution in [0.4, 0.5) is 0 Å². The summed E-state index contributed by atoms with van der Waals surface area (Å²) in [6.45, 7) is 5.91. The second-order valence-electron chi connectivity index (χ2n) is 3.62. The topological polar surface area (TPSA) is 26.0 Å². The van der Waals surface area contributed by atoms with Crippen molar-refractivity contribution in [1.82, 2.24) is 4.98 Å². The molecular formula is C12H21NO. The fourth-order valence-corrected chi connectivity index (χ4v) is 1.95. The molecule has 0 bridgehead atoms. The molecule has 1 saturated carbocycles. The highest BCUT2D eigenvalue weighted by Crippen LogP contribution is 2.32. The van der Waals surface area contributed by atoms with Crippen molar-refractivity contribution in [2.75, 3.05) is 0 Å². The van der Waals surface area contributed by atoms with E-state index in [9.17, 15) is 0 Å². The molecule has 0 spiro atoms. The average molecular weight is 195 g/mol. The molecule has 1 aromatic heterocycles. The Morgan fingerprint density at radius 2 is 1.86 bits per heavy atom. The van der Waals surface area contributed by atoms with Crippen LogP contribution in [0, 0.1) is 6.92 Å². The number of hydrogen-bond donors (Lipinski definition) is 0. The second kappa shape index (κ2) is 5.84. The third-order valence-corrected chi connectivity index (χ3v) is 2.65. The van der Waals surface area contributed by atoms with Gasteiger partial charge in [-0.3, -0.25) is 0 Å². The monoisotopic (exact) mass is 195 g/mol. The fraction of sp³-hybridized carbons (Fsp3) is 0.750. The molecule has 0 saturated heterocycles. The van der Waals surface area contributed by atoms with Crippen LogP contribution in [0.5, 0.6) is 0 Å². The lowest BCUT2D eigenvalue weighted by molar-refractivity contribution is 0.365. The van der Waals surface area contributed by atoms with E-state index < -0.39 is 0 Å². The van der Waals surface area contributed by atoms with Gasteiger partial charge in [-0.15, -0.1) is 0 Å². The van der Waals surface area contributed by atoms with Gasteiger partial charge in [-0.05, 0) is 12.8 Å². The molecule has 2 heteroatoms. The molecule has 14 heavy (non-hydrogen) atoms. The predicted octanol–water partition coefficient (Wildman–Crippen LogP) is 4.06. The minimum atomic E-state index is 0.653. The predicted molar refractivity (Wildman–Crippen MR) is 58.4 cm³/mol. The van der Waals surface area contributed by atoms with Crippen LogP contribution in [-0.4, -0.2) is 4.98 Å². The first kappa shape index (κ1) is 11.3. The molecule has 1 heterocycles. The quantitative estimate of drug-likeness (QED) is 0.675. The van der Waals surface area contributed by atoms with Crippen molar-refractivity contribution >= 4 is 0 Å². The highest BCUT2D eigenvalue weighted by molar-refractivity contribution is 5.02. The van der Waals surface area contributed by atoms with E-state index in [1.165, 1.54) is 32.1 Å². The third-order valence-electron chi connectivity index (χ3n) is 2.65. The van der Waals surface area contributed by atoms with Gasteiger partial charge in [0.05, 0.1) is 6.20 Å². The van der Waals surface area contributed by atoms with Gasteiger partial charge in [0.2, 0.25) is 0 Å². The Balaban J connectivity index is 0.000000461. The first-order valence-corrected chi connectivity index (χ1v) is 5.78. The molecule has 1 aromatic rings. The zero-order valence-corrected chi connectivity index (χ0v) is 9.55. The summed E-state index contributed by atoms with van der Waals surface area (Å²) in [7, 11) is 0. The van der Waals surface area contributed by atoms with Crippen LogP contribution in [-0.2, 0) is 0 Å². The molecule has 0 radical (unpaired) electrons. The summed E-state index contributed by atoms with van der Waals surface area (Å²) < 4.78 is 5.51. The number of oxazole rings is 1. The number of hydrogen-bond acceptors (Lipinski definition) is 2. The minimum Gasteiger partial charge on any atom is -0.446 e. The molecule has 0 aromatic carbocycles. The van der Waals surface area contributed by atoms with Gasteiger partial charge < -0.3 is 4.42 Å². The van der Waals surface area contributed by atoms with Gasteiger partial charge in [-0.2, -0.15) is 0 Å². The first-order valence-electron chi connectivity index (χ1n) is 5.78. The molecule has 2 nitrogen and oxygen atoms in total. The molecule has 0 amide bonds. The maximum absolute atomic E-state index is 5.51. The largest absolute Gasteiger partial charge is 0.446 e. The summed E-state index contributed by atoms with van der Waals surface area (Å²) in [6, 6.07) is 0. The molecular weight excluding hydrogens is 174 g/mol. The van der Waals surface area contributed by atoms with Crippen LogP contribution in [0.2, 0.25) is 0 Å². The van der Waals surface area contributed by atoms with E-state index in [2.05, 4.69) is 4.98 Å². The maximum Gasteiger partial charge on any atom is 0.191 e. The summed E-state index contributed by atoms with van der Waals surface area (Å²) in [5.74, 6) is 2.56. The summed E-state index contributed by atoms with van der Waals surface area (Å²) in [4.78, 5) is 4.13. The summed E-state index contributed by atoms with van der Waals surface area (Å²) in [6.07, 6.45) is 8.56. The second-order valence-corrected chi connectivity index (χ2v) is 3.62. The zero-order valence-electron chi connectivity index (χ0n) is 9.55. The normalized spacial score (nSPS) is 17.4. The zero-order chi connectivity index (χ0) is 10.4. The molecule has 1 fully saturated rings. The van der Waals surface area contributed by atoms with E-state index in [-0.39, 0.29) is 0 Å². The van der Waals surface area contributed by atoms with E-state index in [4.69, 9.17) is 4.42 Å². The number of aryl methyl sites for hydroxylation is 1. The lowest BCUT2D eigenvalue weighted by Crippen LogP contribution is -2.02. The Hall–Kier alpha value is -0.790. The van der Waals surface area contributed by atoms with Crippen molar-refractivity contribution in [3.63, 3.8) is 0 Å². The standard InChI is InChI=1S/C10H15NO.C2H6/c1-8-11-7-10(12-8)9-5-3-2-4-6-9;1-2/h7,9H,2-6H2,1H3;1-2H3. The fourth-order valence-electron chi connectivity index (χ4n) is 1.95. The van der Waals surface area contributed by atoms with Crippen LogP contribution < -0.4 is 0 Å². The van der Waals surface area contributed by atoms with Gasteiger partial charge in [-0.1, -0.05) is 33.1 Å². The SMILES string of the molecule is CC.Cc1ncc(C2CCCCC2)o1. The molecule has 0 aliphatic heterocycles. The van der Waals surface area contributed by atoms with Crippen LogP contribution in [0.25, 0.3) is 0 Å². The summed E-state index contributed by atoms with van der Waals surface area (Å²) >= 11 is 0. The highest BCUT2D eigenvalue weighted by Gasteiger charge is 2.18. The van der Waals surface area contributed by atoms with E-state index >= 15 is 0 Å². The van der Waals surface area contributed by atoms with Crippen LogP contribution in [0.1, 0.15) is 63.5 Å². The number of aromatic nitrogens is 1. The van der Waals surface area contributed by atoms with Crippen LogP contribution >= 0.6 is 0 Å². The molecule has 1 aliphatic carbocycles. The maximum atomic E-state index is 5.51. The van der Waals surface area contributed by atoms with Gasteiger partial charge in [0.15, 0.2) is 5.89 Å². The van der Waals surface area contributed by atoms with Crippen molar-refractivity contribution in [1.29, 1.82) is 0 Å². The van der Waals surface area contributed by atoms with E-state index in [1.807, 2.05) is 27.0 Å². The van der Waals surface area contributed by atoms with Crippen molar-refractivity contribution in [2.24, 2.45) is 0 Å². The van der Waals surface area contributed by atoms with Gasteiger partial charge >= 0.3 is 0 Å². The Kier molecular flexibility index (Phi) is 4.71.